The van der Waals surface area contributed by atoms with Crippen LogP contribution in [0.25, 0.3) is 0 Å². The number of hydrogen-bond donors (Lipinski definition) is 0. The normalized spacial score (nSPS) is 14.2. The van der Waals surface area contributed by atoms with Gasteiger partial charge in [-0.15, -0.1) is 0 Å². The van der Waals surface area contributed by atoms with E-state index in [9.17, 15) is 14.0 Å². The highest BCUT2D eigenvalue weighted by Gasteiger charge is 2.25. The molecule has 6 heteroatoms. The third-order valence-corrected chi connectivity index (χ3v) is 4.83. The second kappa shape index (κ2) is 8.20. The minimum absolute atomic E-state index is 0.0279. The number of benzene rings is 2. The smallest absolute Gasteiger partial charge is 0.254 e. The Kier molecular flexibility index (Phi) is 5.74. The Hall–Kier alpha value is -2.89. The molecule has 2 amide bonds. The lowest BCUT2D eigenvalue weighted by molar-refractivity contribution is -0.132. The van der Waals surface area contributed by atoms with Gasteiger partial charge in [-0.2, -0.15) is 0 Å². The standard InChI is InChI=1S/C21H24FN3O2/c1-23(2)18-8-5-7-17(14-18)21(27)25-12-10-24(11-13-25)20(26)15-16-6-3-4-9-19(16)22/h3-9,14H,10-13,15H2,1-2H3. The van der Waals surface area contributed by atoms with Crippen LogP contribution >= 0.6 is 0 Å². The Morgan fingerprint density at radius 3 is 2.30 bits per heavy atom. The van der Waals surface area contributed by atoms with Crippen LogP contribution < -0.4 is 4.90 Å². The molecule has 1 saturated heterocycles. The number of rotatable bonds is 4. The van der Waals surface area contributed by atoms with E-state index < -0.39 is 0 Å². The van der Waals surface area contributed by atoms with Crippen LogP contribution in [0.3, 0.4) is 0 Å². The van der Waals surface area contributed by atoms with Gasteiger partial charge < -0.3 is 14.7 Å². The lowest BCUT2D eigenvalue weighted by Crippen LogP contribution is -2.51. The van der Waals surface area contributed by atoms with Gasteiger partial charge in [-0.25, -0.2) is 4.39 Å². The molecule has 1 fully saturated rings. The van der Waals surface area contributed by atoms with Crippen LogP contribution in [0, 0.1) is 5.82 Å². The molecular formula is C21H24FN3O2. The van der Waals surface area contributed by atoms with E-state index in [4.69, 9.17) is 0 Å². The molecular weight excluding hydrogens is 345 g/mol. The average Bonchev–Trinajstić information content (AvgIpc) is 2.69. The summed E-state index contributed by atoms with van der Waals surface area (Å²) in [7, 11) is 3.87. The first kappa shape index (κ1) is 18.9. The van der Waals surface area contributed by atoms with Crippen molar-refractivity contribution in [3.63, 3.8) is 0 Å². The first-order chi connectivity index (χ1) is 13.0. The maximum absolute atomic E-state index is 13.7. The maximum atomic E-state index is 13.7. The summed E-state index contributed by atoms with van der Waals surface area (Å²) in [5, 5.41) is 0. The molecule has 0 aliphatic carbocycles. The van der Waals surface area contributed by atoms with E-state index in [1.54, 1.807) is 28.0 Å². The van der Waals surface area contributed by atoms with Gasteiger partial charge in [0.15, 0.2) is 0 Å². The highest BCUT2D eigenvalue weighted by Crippen LogP contribution is 2.17. The van der Waals surface area contributed by atoms with Crippen molar-refractivity contribution in [2.24, 2.45) is 0 Å². The molecule has 0 atom stereocenters. The average molecular weight is 369 g/mol. The molecule has 27 heavy (non-hydrogen) atoms. The summed E-state index contributed by atoms with van der Waals surface area (Å²) in [6.07, 6.45) is 0.0471. The molecule has 1 heterocycles. The number of halogens is 1. The van der Waals surface area contributed by atoms with Gasteiger partial charge >= 0.3 is 0 Å². The van der Waals surface area contributed by atoms with Gasteiger partial charge in [0.25, 0.3) is 5.91 Å². The fraction of sp³-hybridized carbons (Fsp3) is 0.333. The number of anilines is 1. The third-order valence-electron chi connectivity index (χ3n) is 4.83. The van der Waals surface area contributed by atoms with Crippen LogP contribution in [-0.4, -0.2) is 61.9 Å². The molecule has 0 spiro atoms. The summed E-state index contributed by atoms with van der Waals surface area (Å²) in [5.41, 5.74) is 2.02. The monoisotopic (exact) mass is 369 g/mol. The zero-order valence-electron chi connectivity index (χ0n) is 15.7. The second-order valence-electron chi connectivity index (χ2n) is 6.89. The molecule has 0 saturated carbocycles. The van der Waals surface area contributed by atoms with Crippen molar-refractivity contribution in [2.75, 3.05) is 45.2 Å². The van der Waals surface area contributed by atoms with Gasteiger partial charge in [0.1, 0.15) is 5.82 Å². The predicted molar refractivity (Wildman–Crippen MR) is 103 cm³/mol. The van der Waals surface area contributed by atoms with Crippen molar-refractivity contribution < 1.29 is 14.0 Å². The SMILES string of the molecule is CN(C)c1cccc(C(=O)N2CCN(C(=O)Cc3ccccc3F)CC2)c1. The number of piperazine rings is 1. The van der Waals surface area contributed by atoms with Crippen molar-refractivity contribution in [3.8, 4) is 0 Å². The highest BCUT2D eigenvalue weighted by molar-refractivity contribution is 5.95. The van der Waals surface area contributed by atoms with E-state index in [0.29, 0.717) is 37.3 Å². The van der Waals surface area contributed by atoms with Gasteiger partial charge in [-0.05, 0) is 29.8 Å². The molecule has 1 aliphatic heterocycles. The molecule has 0 N–H and O–H groups in total. The zero-order valence-corrected chi connectivity index (χ0v) is 15.7. The number of nitrogens with zero attached hydrogens (tertiary/aromatic N) is 3. The molecule has 142 valence electrons. The molecule has 3 rings (SSSR count). The number of amides is 2. The maximum Gasteiger partial charge on any atom is 0.254 e. The molecule has 2 aromatic carbocycles. The van der Waals surface area contributed by atoms with E-state index >= 15 is 0 Å². The lowest BCUT2D eigenvalue weighted by Gasteiger charge is -2.35. The van der Waals surface area contributed by atoms with Gasteiger partial charge in [0, 0.05) is 51.5 Å². The molecule has 0 unspecified atom stereocenters. The fourth-order valence-electron chi connectivity index (χ4n) is 3.18. The Balaban J connectivity index is 1.58. The Bertz CT molecular complexity index is 830. The fourth-order valence-corrected chi connectivity index (χ4v) is 3.18. The van der Waals surface area contributed by atoms with Crippen molar-refractivity contribution >= 4 is 17.5 Å². The van der Waals surface area contributed by atoms with Crippen LogP contribution in [0.15, 0.2) is 48.5 Å². The van der Waals surface area contributed by atoms with Crippen LogP contribution in [0.1, 0.15) is 15.9 Å². The quantitative estimate of drug-likeness (QED) is 0.831. The third kappa shape index (κ3) is 4.45. The topological polar surface area (TPSA) is 43.9 Å². The molecule has 2 aromatic rings. The number of carbonyl (C=O) groups excluding carboxylic acids is 2. The second-order valence-corrected chi connectivity index (χ2v) is 6.89. The largest absolute Gasteiger partial charge is 0.378 e. The molecule has 0 radical (unpaired) electrons. The summed E-state index contributed by atoms with van der Waals surface area (Å²) in [4.78, 5) is 30.6. The van der Waals surface area contributed by atoms with Crippen LogP contribution in [-0.2, 0) is 11.2 Å². The van der Waals surface area contributed by atoms with Crippen molar-refractivity contribution in [1.82, 2.24) is 9.80 Å². The zero-order chi connectivity index (χ0) is 19.4. The van der Waals surface area contributed by atoms with Gasteiger partial charge in [-0.3, -0.25) is 9.59 Å². The van der Waals surface area contributed by atoms with Crippen molar-refractivity contribution in [1.29, 1.82) is 0 Å². The van der Waals surface area contributed by atoms with Crippen molar-refractivity contribution in [2.45, 2.75) is 6.42 Å². The summed E-state index contributed by atoms with van der Waals surface area (Å²) in [6, 6.07) is 13.8. The molecule has 0 aromatic heterocycles. The molecule has 1 aliphatic rings. The van der Waals surface area contributed by atoms with E-state index in [-0.39, 0.29) is 24.1 Å². The van der Waals surface area contributed by atoms with Gasteiger partial charge in [0.05, 0.1) is 6.42 Å². The van der Waals surface area contributed by atoms with Crippen molar-refractivity contribution in [3.05, 3.63) is 65.5 Å². The van der Waals surface area contributed by atoms with E-state index in [2.05, 4.69) is 0 Å². The number of carbonyl (C=O) groups is 2. The highest BCUT2D eigenvalue weighted by atomic mass is 19.1. The van der Waals surface area contributed by atoms with Gasteiger partial charge in [-0.1, -0.05) is 24.3 Å². The lowest BCUT2D eigenvalue weighted by atomic mass is 10.1. The van der Waals surface area contributed by atoms with Gasteiger partial charge in [0.2, 0.25) is 5.91 Å². The predicted octanol–water partition coefficient (Wildman–Crippen LogP) is 2.42. The summed E-state index contributed by atoms with van der Waals surface area (Å²) >= 11 is 0. The Morgan fingerprint density at radius 1 is 0.963 bits per heavy atom. The first-order valence-corrected chi connectivity index (χ1v) is 9.03. The Morgan fingerprint density at radius 2 is 1.63 bits per heavy atom. The summed E-state index contributed by atoms with van der Waals surface area (Å²) in [5.74, 6) is -0.498. The summed E-state index contributed by atoms with van der Waals surface area (Å²) < 4.78 is 13.7. The van der Waals surface area contributed by atoms with Crippen LogP contribution in [0.2, 0.25) is 0 Å². The summed E-state index contributed by atoms with van der Waals surface area (Å²) in [6.45, 7) is 1.89. The number of hydrogen-bond acceptors (Lipinski definition) is 3. The van der Waals surface area contributed by atoms with E-state index in [1.807, 2.05) is 43.3 Å². The first-order valence-electron chi connectivity index (χ1n) is 9.03. The Labute approximate surface area is 159 Å². The van der Waals surface area contributed by atoms with E-state index in [0.717, 1.165) is 5.69 Å². The molecule has 0 bridgehead atoms. The van der Waals surface area contributed by atoms with Crippen LogP contribution in [0.4, 0.5) is 10.1 Å². The minimum atomic E-state index is -0.361. The minimum Gasteiger partial charge on any atom is -0.378 e. The molecule has 5 nitrogen and oxygen atoms in total. The van der Waals surface area contributed by atoms with Crippen LogP contribution in [0.5, 0.6) is 0 Å². The van der Waals surface area contributed by atoms with E-state index in [1.165, 1.54) is 6.07 Å².